The molecular weight excluding hydrogens is 210 g/mol. The zero-order chi connectivity index (χ0) is 11.3. The molecule has 1 N–H and O–H groups in total. The SMILES string of the molecule is CCNC(C)c1ccc(OCC)cc1Cl. The lowest BCUT2D eigenvalue weighted by molar-refractivity contribution is 0.340. The quantitative estimate of drug-likeness (QED) is 0.833. The third-order valence-corrected chi connectivity index (χ3v) is 2.59. The molecule has 3 heteroatoms. The van der Waals surface area contributed by atoms with Crippen molar-refractivity contribution in [2.45, 2.75) is 26.8 Å². The lowest BCUT2D eigenvalue weighted by Gasteiger charge is -2.15. The average molecular weight is 228 g/mol. The largest absolute Gasteiger partial charge is 0.494 e. The Hall–Kier alpha value is -0.730. The summed E-state index contributed by atoms with van der Waals surface area (Å²) in [6.07, 6.45) is 0. The summed E-state index contributed by atoms with van der Waals surface area (Å²) in [5.74, 6) is 0.829. The Morgan fingerprint density at radius 2 is 2.13 bits per heavy atom. The van der Waals surface area contributed by atoms with E-state index in [0.717, 1.165) is 22.9 Å². The van der Waals surface area contributed by atoms with Crippen LogP contribution in [-0.2, 0) is 0 Å². The summed E-state index contributed by atoms with van der Waals surface area (Å²) in [4.78, 5) is 0. The van der Waals surface area contributed by atoms with Gasteiger partial charge in [-0.15, -0.1) is 0 Å². The van der Waals surface area contributed by atoms with Gasteiger partial charge in [-0.1, -0.05) is 24.6 Å². The zero-order valence-electron chi connectivity index (χ0n) is 9.51. The Kier molecular flexibility index (Phi) is 4.92. The number of rotatable bonds is 5. The molecule has 0 aliphatic carbocycles. The fourth-order valence-electron chi connectivity index (χ4n) is 1.53. The van der Waals surface area contributed by atoms with Crippen LogP contribution >= 0.6 is 11.6 Å². The predicted molar refractivity (Wildman–Crippen MR) is 64.7 cm³/mol. The van der Waals surface area contributed by atoms with Gasteiger partial charge in [-0.3, -0.25) is 0 Å². The van der Waals surface area contributed by atoms with Gasteiger partial charge in [0.15, 0.2) is 0 Å². The first-order valence-corrected chi connectivity index (χ1v) is 5.72. The van der Waals surface area contributed by atoms with Crippen molar-refractivity contribution in [2.75, 3.05) is 13.2 Å². The monoisotopic (exact) mass is 227 g/mol. The highest BCUT2D eigenvalue weighted by Gasteiger charge is 2.08. The second kappa shape index (κ2) is 5.99. The van der Waals surface area contributed by atoms with E-state index < -0.39 is 0 Å². The van der Waals surface area contributed by atoms with Crippen molar-refractivity contribution < 1.29 is 4.74 Å². The standard InChI is InChI=1S/C12H18ClNO/c1-4-14-9(3)11-7-6-10(15-5-2)8-12(11)13/h6-9,14H,4-5H2,1-3H3. The first-order chi connectivity index (χ1) is 7.19. The van der Waals surface area contributed by atoms with Crippen LogP contribution in [0.4, 0.5) is 0 Å². The number of nitrogens with one attached hydrogen (secondary N) is 1. The number of hydrogen-bond acceptors (Lipinski definition) is 2. The molecule has 0 heterocycles. The topological polar surface area (TPSA) is 21.3 Å². The third kappa shape index (κ3) is 3.40. The van der Waals surface area contributed by atoms with Gasteiger partial charge in [0.05, 0.1) is 6.61 Å². The van der Waals surface area contributed by atoms with E-state index in [1.54, 1.807) is 0 Å². The summed E-state index contributed by atoms with van der Waals surface area (Å²) >= 11 is 6.18. The fourth-order valence-corrected chi connectivity index (χ4v) is 1.87. The van der Waals surface area contributed by atoms with Crippen LogP contribution in [0.5, 0.6) is 5.75 Å². The molecule has 0 fully saturated rings. The second-order valence-electron chi connectivity index (χ2n) is 3.40. The fraction of sp³-hybridized carbons (Fsp3) is 0.500. The molecule has 1 unspecified atom stereocenters. The molecule has 0 aromatic heterocycles. The van der Waals surface area contributed by atoms with Gasteiger partial charge in [0.25, 0.3) is 0 Å². The summed E-state index contributed by atoms with van der Waals surface area (Å²) in [5, 5.41) is 4.09. The van der Waals surface area contributed by atoms with Crippen molar-refractivity contribution in [3.8, 4) is 5.75 Å². The van der Waals surface area contributed by atoms with Gasteiger partial charge in [-0.25, -0.2) is 0 Å². The van der Waals surface area contributed by atoms with Gasteiger partial charge in [-0.05, 0) is 38.1 Å². The van der Waals surface area contributed by atoms with Crippen LogP contribution in [0.25, 0.3) is 0 Å². The van der Waals surface area contributed by atoms with Gasteiger partial charge in [-0.2, -0.15) is 0 Å². The minimum atomic E-state index is 0.276. The lowest BCUT2D eigenvalue weighted by Crippen LogP contribution is -2.17. The molecule has 0 saturated heterocycles. The van der Waals surface area contributed by atoms with Crippen molar-refractivity contribution in [3.63, 3.8) is 0 Å². The van der Waals surface area contributed by atoms with Gasteiger partial charge in [0.2, 0.25) is 0 Å². The summed E-state index contributed by atoms with van der Waals surface area (Å²) in [6.45, 7) is 7.75. The van der Waals surface area contributed by atoms with Crippen LogP contribution in [0.2, 0.25) is 5.02 Å². The number of halogens is 1. The van der Waals surface area contributed by atoms with E-state index in [9.17, 15) is 0 Å². The summed E-state index contributed by atoms with van der Waals surface area (Å²) in [7, 11) is 0. The van der Waals surface area contributed by atoms with E-state index in [4.69, 9.17) is 16.3 Å². The minimum absolute atomic E-state index is 0.276. The molecule has 15 heavy (non-hydrogen) atoms. The molecule has 0 spiro atoms. The Morgan fingerprint density at radius 3 is 2.67 bits per heavy atom. The van der Waals surface area contributed by atoms with Gasteiger partial charge < -0.3 is 10.1 Å². The molecule has 84 valence electrons. The third-order valence-electron chi connectivity index (χ3n) is 2.26. The predicted octanol–water partition coefficient (Wildman–Crippen LogP) is 3.41. The molecule has 1 atom stereocenters. The molecule has 2 nitrogen and oxygen atoms in total. The van der Waals surface area contributed by atoms with Crippen LogP contribution in [0.3, 0.4) is 0 Å². The molecule has 0 radical (unpaired) electrons. The van der Waals surface area contributed by atoms with E-state index in [1.165, 1.54) is 0 Å². The van der Waals surface area contributed by atoms with Crippen molar-refractivity contribution in [2.24, 2.45) is 0 Å². The zero-order valence-corrected chi connectivity index (χ0v) is 10.3. The molecule has 0 aliphatic heterocycles. The van der Waals surface area contributed by atoms with Crippen LogP contribution in [0.1, 0.15) is 32.4 Å². The Morgan fingerprint density at radius 1 is 1.40 bits per heavy atom. The molecule has 0 aliphatic rings. The number of benzene rings is 1. The van der Waals surface area contributed by atoms with E-state index >= 15 is 0 Å². The molecule has 1 rings (SSSR count). The first-order valence-electron chi connectivity index (χ1n) is 5.34. The van der Waals surface area contributed by atoms with Crippen molar-refractivity contribution >= 4 is 11.6 Å². The summed E-state index contributed by atoms with van der Waals surface area (Å²) in [5.41, 5.74) is 1.11. The average Bonchev–Trinajstić information content (AvgIpc) is 2.18. The van der Waals surface area contributed by atoms with Gasteiger partial charge in [0, 0.05) is 11.1 Å². The molecule has 1 aromatic rings. The van der Waals surface area contributed by atoms with Crippen molar-refractivity contribution in [1.29, 1.82) is 0 Å². The van der Waals surface area contributed by atoms with E-state index in [1.807, 2.05) is 25.1 Å². The van der Waals surface area contributed by atoms with E-state index in [0.29, 0.717) is 6.61 Å². The van der Waals surface area contributed by atoms with Crippen LogP contribution in [0, 0.1) is 0 Å². The molecule has 0 amide bonds. The van der Waals surface area contributed by atoms with Crippen LogP contribution in [0.15, 0.2) is 18.2 Å². The van der Waals surface area contributed by atoms with Gasteiger partial charge >= 0.3 is 0 Å². The molecule has 1 aromatic carbocycles. The molecule has 0 saturated carbocycles. The maximum Gasteiger partial charge on any atom is 0.120 e. The van der Waals surface area contributed by atoms with Crippen molar-refractivity contribution in [1.82, 2.24) is 5.32 Å². The Bertz CT molecular complexity index is 314. The van der Waals surface area contributed by atoms with Crippen molar-refractivity contribution in [3.05, 3.63) is 28.8 Å². The second-order valence-corrected chi connectivity index (χ2v) is 3.80. The summed E-state index contributed by atoms with van der Waals surface area (Å²) in [6, 6.07) is 6.12. The maximum absolute atomic E-state index is 6.18. The van der Waals surface area contributed by atoms with E-state index in [-0.39, 0.29) is 6.04 Å². The normalized spacial score (nSPS) is 12.5. The lowest BCUT2D eigenvalue weighted by atomic mass is 10.1. The van der Waals surface area contributed by atoms with Crippen LogP contribution < -0.4 is 10.1 Å². The highest BCUT2D eigenvalue weighted by Crippen LogP contribution is 2.27. The molecule has 0 bridgehead atoms. The first kappa shape index (κ1) is 12.3. The smallest absolute Gasteiger partial charge is 0.120 e. The maximum atomic E-state index is 6.18. The summed E-state index contributed by atoms with van der Waals surface area (Å²) < 4.78 is 5.38. The van der Waals surface area contributed by atoms with Crippen LogP contribution in [-0.4, -0.2) is 13.2 Å². The van der Waals surface area contributed by atoms with E-state index in [2.05, 4.69) is 19.2 Å². The highest BCUT2D eigenvalue weighted by atomic mass is 35.5. The van der Waals surface area contributed by atoms with Gasteiger partial charge in [0.1, 0.15) is 5.75 Å². The minimum Gasteiger partial charge on any atom is -0.494 e. The Labute approximate surface area is 96.6 Å². The molecular formula is C12H18ClNO. The number of ether oxygens (including phenoxy) is 1. The Balaban J connectivity index is 2.82. The highest BCUT2D eigenvalue weighted by molar-refractivity contribution is 6.31. The number of hydrogen-bond donors (Lipinski definition) is 1.